The number of carbonyl (C=O) groups excluding carboxylic acids is 2. The molecule has 0 aromatic heterocycles. The van der Waals surface area contributed by atoms with Crippen LogP contribution in [-0.2, 0) is 16.0 Å². The number of allylic oxidation sites excluding steroid dienone is 1. The number of anilines is 1. The van der Waals surface area contributed by atoms with E-state index in [4.69, 9.17) is 5.73 Å². The summed E-state index contributed by atoms with van der Waals surface area (Å²) in [5.74, 6) is 0.126. The first-order valence-corrected chi connectivity index (χ1v) is 8.47. The van der Waals surface area contributed by atoms with Crippen LogP contribution in [0.5, 0.6) is 0 Å². The van der Waals surface area contributed by atoms with Crippen LogP contribution in [0.15, 0.2) is 36.4 Å². The molecule has 1 aliphatic heterocycles. The zero-order valence-corrected chi connectivity index (χ0v) is 13.8. The first kappa shape index (κ1) is 17.3. The van der Waals surface area contributed by atoms with Gasteiger partial charge in [-0.15, -0.1) is 0 Å². The fourth-order valence-electron chi connectivity index (χ4n) is 3.12. The van der Waals surface area contributed by atoms with Crippen LogP contribution < -0.4 is 10.6 Å². The van der Waals surface area contributed by atoms with Crippen molar-refractivity contribution in [1.82, 2.24) is 0 Å². The minimum atomic E-state index is -0.256. The molecule has 1 aliphatic rings. The summed E-state index contributed by atoms with van der Waals surface area (Å²) in [4.78, 5) is 25.1. The van der Waals surface area contributed by atoms with Gasteiger partial charge in [0, 0.05) is 18.7 Å². The molecular weight excluding hydrogens is 288 g/mol. The van der Waals surface area contributed by atoms with E-state index in [0.29, 0.717) is 12.3 Å². The van der Waals surface area contributed by atoms with Crippen molar-refractivity contribution in [3.05, 3.63) is 42.0 Å². The second kappa shape index (κ2) is 8.51. The minimum Gasteiger partial charge on any atom is -0.370 e. The number of fused-ring (bicyclic) bond motifs is 1. The average Bonchev–Trinajstić information content (AvgIpc) is 2.96. The van der Waals surface area contributed by atoms with Crippen molar-refractivity contribution in [2.24, 2.45) is 11.7 Å². The standard InChI is InChI=1S/C19H26N2O2/c1-2-6-15(7-5-10-18(20)22)11-12-19(23)21-14-13-16-8-3-4-9-17(16)21/h3-4,8-9,11-12,15H,2,5-7,10,13-14H2,1H3,(H2,20,22)/t15-/m0/s1. The Balaban J connectivity index is 1.94. The molecule has 0 aliphatic carbocycles. The summed E-state index contributed by atoms with van der Waals surface area (Å²) in [5, 5.41) is 0. The summed E-state index contributed by atoms with van der Waals surface area (Å²) in [7, 11) is 0. The van der Waals surface area contributed by atoms with Crippen molar-refractivity contribution >= 4 is 17.5 Å². The van der Waals surface area contributed by atoms with Crippen LogP contribution in [0.4, 0.5) is 5.69 Å². The molecule has 0 spiro atoms. The Morgan fingerprint density at radius 3 is 2.83 bits per heavy atom. The number of benzene rings is 1. The summed E-state index contributed by atoms with van der Waals surface area (Å²) in [5.41, 5.74) is 7.45. The van der Waals surface area contributed by atoms with E-state index in [1.807, 2.05) is 29.2 Å². The molecule has 0 radical (unpaired) electrons. The summed E-state index contributed by atoms with van der Waals surface area (Å²) >= 11 is 0. The van der Waals surface area contributed by atoms with Gasteiger partial charge < -0.3 is 10.6 Å². The highest BCUT2D eigenvalue weighted by Gasteiger charge is 2.22. The van der Waals surface area contributed by atoms with E-state index < -0.39 is 0 Å². The van der Waals surface area contributed by atoms with Gasteiger partial charge in [-0.3, -0.25) is 9.59 Å². The summed E-state index contributed by atoms with van der Waals surface area (Å²) < 4.78 is 0. The minimum absolute atomic E-state index is 0.0472. The molecule has 1 aromatic rings. The van der Waals surface area contributed by atoms with Crippen LogP contribution in [0.2, 0.25) is 0 Å². The topological polar surface area (TPSA) is 63.4 Å². The second-order valence-electron chi connectivity index (χ2n) is 6.14. The highest BCUT2D eigenvalue weighted by molar-refractivity contribution is 6.02. The number of hydrogen-bond donors (Lipinski definition) is 1. The number of primary amides is 1. The van der Waals surface area contributed by atoms with Gasteiger partial charge in [-0.25, -0.2) is 0 Å². The lowest BCUT2D eigenvalue weighted by Crippen LogP contribution is -2.27. The Morgan fingerprint density at radius 1 is 1.30 bits per heavy atom. The van der Waals surface area contributed by atoms with E-state index in [-0.39, 0.29) is 11.8 Å². The van der Waals surface area contributed by atoms with Crippen LogP contribution in [0.1, 0.15) is 44.6 Å². The molecule has 0 bridgehead atoms. The third kappa shape index (κ3) is 4.95. The molecule has 0 unspecified atom stereocenters. The summed E-state index contributed by atoms with van der Waals surface area (Å²) in [6, 6.07) is 8.07. The van der Waals surface area contributed by atoms with Crippen molar-refractivity contribution < 1.29 is 9.59 Å². The van der Waals surface area contributed by atoms with Crippen LogP contribution in [0.3, 0.4) is 0 Å². The van der Waals surface area contributed by atoms with E-state index in [9.17, 15) is 9.59 Å². The fraction of sp³-hybridized carbons (Fsp3) is 0.474. The Kier molecular flexibility index (Phi) is 6.39. The third-order valence-corrected chi connectivity index (χ3v) is 4.32. The van der Waals surface area contributed by atoms with Crippen molar-refractivity contribution in [3.8, 4) is 0 Å². The molecular formula is C19H26N2O2. The molecule has 1 aromatic carbocycles. The molecule has 4 nitrogen and oxygen atoms in total. The first-order valence-electron chi connectivity index (χ1n) is 8.47. The Bertz CT molecular complexity index is 580. The molecule has 2 rings (SSSR count). The normalized spacial score (nSPS) is 14.9. The molecule has 2 N–H and O–H groups in total. The fourth-order valence-corrected chi connectivity index (χ4v) is 3.12. The van der Waals surface area contributed by atoms with Crippen LogP contribution >= 0.6 is 0 Å². The van der Waals surface area contributed by atoms with E-state index in [2.05, 4.69) is 13.0 Å². The van der Waals surface area contributed by atoms with E-state index in [1.165, 1.54) is 5.56 Å². The predicted molar refractivity (Wildman–Crippen MR) is 93.1 cm³/mol. The smallest absolute Gasteiger partial charge is 0.250 e. The van der Waals surface area contributed by atoms with Gasteiger partial charge in [0.15, 0.2) is 0 Å². The first-order chi connectivity index (χ1) is 11.1. The molecule has 4 heteroatoms. The quantitative estimate of drug-likeness (QED) is 0.749. The van der Waals surface area contributed by atoms with Gasteiger partial charge in [0.25, 0.3) is 5.91 Å². The maximum Gasteiger partial charge on any atom is 0.250 e. The predicted octanol–water partition coefficient (Wildman–Crippen LogP) is 3.20. The van der Waals surface area contributed by atoms with E-state index in [0.717, 1.165) is 44.3 Å². The summed E-state index contributed by atoms with van der Waals surface area (Å²) in [6.07, 6.45) is 8.82. The molecule has 0 saturated carbocycles. The van der Waals surface area contributed by atoms with Crippen molar-refractivity contribution in [2.75, 3.05) is 11.4 Å². The van der Waals surface area contributed by atoms with Gasteiger partial charge in [0.05, 0.1) is 0 Å². The number of hydrogen-bond acceptors (Lipinski definition) is 2. The number of nitrogens with two attached hydrogens (primary N) is 1. The van der Waals surface area contributed by atoms with Crippen LogP contribution in [0.25, 0.3) is 0 Å². The Labute approximate surface area is 138 Å². The van der Waals surface area contributed by atoms with Gasteiger partial charge in [-0.1, -0.05) is 37.6 Å². The van der Waals surface area contributed by atoms with Gasteiger partial charge in [-0.05, 0) is 49.3 Å². The maximum atomic E-state index is 12.5. The van der Waals surface area contributed by atoms with Crippen molar-refractivity contribution in [2.45, 2.75) is 45.4 Å². The number of carbonyl (C=O) groups is 2. The third-order valence-electron chi connectivity index (χ3n) is 4.32. The monoisotopic (exact) mass is 314 g/mol. The Morgan fingerprint density at radius 2 is 2.09 bits per heavy atom. The molecule has 2 amide bonds. The molecule has 1 atom stereocenters. The SMILES string of the molecule is CCC[C@H](C=CC(=O)N1CCc2ccccc21)CCCC(N)=O. The van der Waals surface area contributed by atoms with Gasteiger partial charge in [0.1, 0.15) is 0 Å². The van der Waals surface area contributed by atoms with E-state index in [1.54, 1.807) is 6.08 Å². The number of rotatable bonds is 8. The number of amides is 2. The largest absolute Gasteiger partial charge is 0.370 e. The van der Waals surface area contributed by atoms with Crippen molar-refractivity contribution in [3.63, 3.8) is 0 Å². The molecule has 0 saturated heterocycles. The maximum absolute atomic E-state index is 12.5. The van der Waals surface area contributed by atoms with Gasteiger partial charge in [0.2, 0.25) is 5.91 Å². The Hall–Kier alpha value is -2.10. The van der Waals surface area contributed by atoms with Crippen LogP contribution in [0, 0.1) is 5.92 Å². The van der Waals surface area contributed by atoms with Crippen LogP contribution in [-0.4, -0.2) is 18.4 Å². The van der Waals surface area contributed by atoms with Crippen molar-refractivity contribution in [1.29, 1.82) is 0 Å². The number of nitrogens with zero attached hydrogens (tertiary/aromatic N) is 1. The average molecular weight is 314 g/mol. The highest BCUT2D eigenvalue weighted by atomic mass is 16.2. The second-order valence-corrected chi connectivity index (χ2v) is 6.14. The molecule has 124 valence electrons. The van der Waals surface area contributed by atoms with E-state index >= 15 is 0 Å². The zero-order chi connectivity index (χ0) is 16.7. The summed E-state index contributed by atoms with van der Waals surface area (Å²) in [6.45, 7) is 2.89. The van der Waals surface area contributed by atoms with Gasteiger partial charge in [-0.2, -0.15) is 0 Å². The molecule has 1 heterocycles. The lowest BCUT2D eigenvalue weighted by molar-refractivity contribution is -0.118. The zero-order valence-electron chi connectivity index (χ0n) is 13.8. The lowest BCUT2D eigenvalue weighted by atomic mass is 9.96. The highest BCUT2D eigenvalue weighted by Crippen LogP contribution is 2.27. The molecule has 0 fully saturated rings. The lowest BCUT2D eigenvalue weighted by Gasteiger charge is -2.16. The number of para-hydroxylation sites is 1. The van der Waals surface area contributed by atoms with Gasteiger partial charge >= 0.3 is 0 Å². The molecule has 23 heavy (non-hydrogen) atoms.